The van der Waals surface area contributed by atoms with Gasteiger partial charge in [0.05, 0.1) is 11.8 Å². The van der Waals surface area contributed by atoms with E-state index in [1.807, 2.05) is 37.6 Å². The molecule has 19 heavy (non-hydrogen) atoms. The molecule has 1 rings (SSSR count). The SMILES string of the molecule is CC(C)CC(CNC(=O)C(C)c1ccsc1)C(=O)O. The first-order valence-electron chi connectivity index (χ1n) is 6.44. The number of hydrogen-bond donors (Lipinski definition) is 2. The molecule has 0 aliphatic carbocycles. The topological polar surface area (TPSA) is 66.4 Å². The molecule has 2 N–H and O–H groups in total. The molecule has 0 aromatic carbocycles. The predicted molar refractivity (Wildman–Crippen MR) is 76.3 cm³/mol. The van der Waals surface area contributed by atoms with Crippen molar-refractivity contribution in [2.45, 2.75) is 33.1 Å². The zero-order valence-corrected chi connectivity index (χ0v) is 12.4. The van der Waals surface area contributed by atoms with Crippen LogP contribution < -0.4 is 5.32 Å². The molecule has 1 aromatic heterocycles. The molecule has 0 radical (unpaired) electrons. The predicted octanol–water partition coefficient (Wildman–Crippen LogP) is 2.71. The summed E-state index contributed by atoms with van der Waals surface area (Å²) in [6.45, 7) is 5.98. The molecule has 0 aliphatic rings. The lowest BCUT2D eigenvalue weighted by Crippen LogP contribution is -2.35. The van der Waals surface area contributed by atoms with Crippen LogP contribution in [0.15, 0.2) is 16.8 Å². The van der Waals surface area contributed by atoms with Crippen LogP contribution in [-0.2, 0) is 9.59 Å². The van der Waals surface area contributed by atoms with Crippen LogP contribution in [0.4, 0.5) is 0 Å². The minimum absolute atomic E-state index is 0.117. The summed E-state index contributed by atoms with van der Waals surface area (Å²) >= 11 is 1.55. The van der Waals surface area contributed by atoms with Crippen molar-refractivity contribution in [2.24, 2.45) is 11.8 Å². The van der Waals surface area contributed by atoms with Crippen LogP contribution in [0.5, 0.6) is 0 Å². The van der Waals surface area contributed by atoms with E-state index in [0.717, 1.165) is 5.56 Å². The maximum atomic E-state index is 12.0. The molecule has 5 heteroatoms. The van der Waals surface area contributed by atoms with E-state index in [0.29, 0.717) is 12.3 Å². The van der Waals surface area contributed by atoms with Crippen LogP contribution in [0.1, 0.15) is 38.7 Å². The van der Waals surface area contributed by atoms with Gasteiger partial charge in [0.25, 0.3) is 0 Å². The van der Waals surface area contributed by atoms with Gasteiger partial charge < -0.3 is 10.4 Å². The third-order valence-electron chi connectivity index (χ3n) is 3.06. The van der Waals surface area contributed by atoms with Gasteiger partial charge in [0.2, 0.25) is 5.91 Å². The summed E-state index contributed by atoms with van der Waals surface area (Å²) in [5.41, 5.74) is 0.971. The van der Waals surface area contributed by atoms with Gasteiger partial charge >= 0.3 is 5.97 Å². The van der Waals surface area contributed by atoms with Crippen LogP contribution in [0, 0.1) is 11.8 Å². The lowest BCUT2D eigenvalue weighted by molar-refractivity contribution is -0.142. The Morgan fingerprint density at radius 2 is 2.05 bits per heavy atom. The Balaban J connectivity index is 2.50. The molecule has 0 aliphatic heterocycles. The van der Waals surface area contributed by atoms with Gasteiger partial charge in [-0.25, -0.2) is 0 Å². The number of nitrogens with one attached hydrogen (secondary N) is 1. The van der Waals surface area contributed by atoms with Crippen molar-refractivity contribution in [3.05, 3.63) is 22.4 Å². The van der Waals surface area contributed by atoms with E-state index in [1.165, 1.54) is 0 Å². The molecule has 0 saturated carbocycles. The number of carboxylic acid groups (broad SMARTS) is 1. The minimum atomic E-state index is -0.850. The van der Waals surface area contributed by atoms with E-state index in [-0.39, 0.29) is 18.4 Å². The fourth-order valence-corrected chi connectivity index (χ4v) is 2.64. The second-order valence-electron chi connectivity index (χ2n) is 5.19. The highest BCUT2D eigenvalue weighted by molar-refractivity contribution is 7.08. The van der Waals surface area contributed by atoms with Gasteiger partial charge in [0.15, 0.2) is 0 Å². The second kappa shape index (κ2) is 7.28. The van der Waals surface area contributed by atoms with Gasteiger partial charge in [-0.2, -0.15) is 11.3 Å². The van der Waals surface area contributed by atoms with Crippen LogP contribution >= 0.6 is 11.3 Å². The highest BCUT2D eigenvalue weighted by Gasteiger charge is 2.22. The maximum absolute atomic E-state index is 12.0. The smallest absolute Gasteiger partial charge is 0.308 e. The Morgan fingerprint density at radius 1 is 1.37 bits per heavy atom. The molecule has 4 nitrogen and oxygen atoms in total. The molecule has 0 spiro atoms. The highest BCUT2D eigenvalue weighted by Crippen LogP contribution is 2.18. The zero-order valence-electron chi connectivity index (χ0n) is 11.6. The number of carbonyl (C=O) groups is 2. The molecule has 1 heterocycles. The molecular weight excluding hydrogens is 262 g/mol. The number of carboxylic acids is 1. The molecule has 0 fully saturated rings. The lowest BCUT2D eigenvalue weighted by Gasteiger charge is -2.17. The first-order valence-corrected chi connectivity index (χ1v) is 7.38. The third kappa shape index (κ3) is 5.03. The van der Waals surface area contributed by atoms with Crippen molar-refractivity contribution >= 4 is 23.2 Å². The molecule has 2 unspecified atom stereocenters. The van der Waals surface area contributed by atoms with Gasteiger partial charge in [0, 0.05) is 6.54 Å². The van der Waals surface area contributed by atoms with Crippen LogP contribution in [0.2, 0.25) is 0 Å². The van der Waals surface area contributed by atoms with Crippen molar-refractivity contribution < 1.29 is 14.7 Å². The monoisotopic (exact) mass is 283 g/mol. The van der Waals surface area contributed by atoms with Crippen LogP contribution in [0.3, 0.4) is 0 Å². The maximum Gasteiger partial charge on any atom is 0.308 e. The average molecular weight is 283 g/mol. The van der Waals surface area contributed by atoms with Gasteiger partial charge in [-0.15, -0.1) is 0 Å². The first-order chi connectivity index (χ1) is 8.91. The zero-order chi connectivity index (χ0) is 14.4. The molecular formula is C14H21NO3S. The number of amides is 1. The minimum Gasteiger partial charge on any atom is -0.481 e. The van der Waals surface area contributed by atoms with Gasteiger partial charge in [-0.3, -0.25) is 9.59 Å². The number of carbonyl (C=O) groups excluding carboxylic acids is 1. The van der Waals surface area contributed by atoms with E-state index in [9.17, 15) is 9.59 Å². The molecule has 0 saturated heterocycles. The summed E-state index contributed by atoms with van der Waals surface area (Å²) in [5, 5.41) is 15.7. The van der Waals surface area contributed by atoms with Crippen LogP contribution in [-0.4, -0.2) is 23.5 Å². The largest absolute Gasteiger partial charge is 0.481 e. The molecule has 1 amide bonds. The van der Waals surface area contributed by atoms with E-state index < -0.39 is 11.9 Å². The van der Waals surface area contributed by atoms with Crippen LogP contribution in [0.25, 0.3) is 0 Å². The van der Waals surface area contributed by atoms with E-state index in [4.69, 9.17) is 5.11 Å². The van der Waals surface area contributed by atoms with Crippen molar-refractivity contribution in [3.63, 3.8) is 0 Å². The Hall–Kier alpha value is -1.36. The standard InChI is InChI=1S/C14H21NO3S/c1-9(2)6-12(14(17)18)7-15-13(16)10(3)11-4-5-19-8-11/h4-5,8-10,12H,6-7H2,1-3H3,(H,15,16)(H,17,18). The van der Waals surface area contributed by atoms with Gasteiger partial charge in [0.1, 0.15) is 0 Å². The first kappa shape index (κ1) is 15.7. The Kier molecular flexibility index (Phi) is 6.02. The summed E-state index contributed by atoms with van der Waals surface area (Å²) in [7, 11) is 0. The van der Waals surface area contributed by atoms with E-state index in [2.05, 4.69) is 5.32 Å². The summed E-state index contributed by atoms with van der Waals surface area (Å²) in [5.74, 6) is -1.42. The number of thiophene rings is 1. The highest BCUT2D eigenvalue weighted by atomic mass is 32.1. The van der Waals surface area contributed by atoms with E-state index in [1.54, 1.807) is 11.3 Å². The summed E-state index contributed by atoms with van der Waals surface area (Å²) < 4.78 is 0. The van der Waals surface area contributed by atoms with Crippen molar-refractivity contribution in [1.82, 2.24) is 5.32 Å². The third-order valence-corrected chi connectivity index (χ3v) is 3.77. The molecule has 2 atom stereocenters. The number of hydrogen-bond acceptors (Lipinski definition) is 3. The molecule has 1 aromatic rings. The Morgan fingerprint density at radius 3 is 2.53 bits per heavy atom. The molecule has 106 valence electrons. The van der Waals surface area contributed by atoms with Crippen molar-refractivity contribution in [1.29, 1.82) is 0 Å². The Bertz CT molecular complexity index is 414. The second-order valence-corrected chi connectivity index (χ2v) is 5.97. The summed E-state index contributed by atoms with van der Waals surface area (Å²) in [4.78, 5) is 23.1. The summed E-state index contributed by atoms with van der Waals surface area (Å²) in [6.07, 6.45) is 0.572. The molecule has 0 bridgehead atoms. The van der Waals surface area contributed by atoms with E-state index >= 15 is 0 Å². The fourth-order valence-electron chi connectivity index (χ4n) is 1.89. The lowest BCUT2D eigenvalue weighted by atomic mass is 9.96. The summed E-state index contributed by atoms with van der Waals surface area (Å²) in [6, 6.07) is 1.91. The Labute approximate surface area is 117 Å². The quantitative estimate of drug-likeness (QED) is 0.808. The van der Waals surface area contributed by atoms with Crippen molar-refractivity contribution in [3.8, 4) is 0 Å². The fraction of sp³-hybridized carbons (Fsp3) is 0.571. The van der Waals surface area contributed by atoms with Gasteiger partial charge in [-0.1, -0.05) is 13.8 Å². The van der Waals surface area contributed by atoms with Gasteiger partial charge in [-0.05, 0) is 41.7 Å². The average Bonchev–Trinajstić information content (AvgIpc) is 2.85. The normalized spacial score (nSPS) is 14.1. The number of aliphatic carboxylic acids is 1. The van der Waals surface area contributed by atoms with Crippen molar-refractivity contribution in [2.75, 3.05) is 6.54 Å². The number of rotatable bonds is 7.